The number of para-hydroxylation sites is 1. The van der Waals surface area contributed by atoms with Crippen molar-refractivity contribution in [3.8, 4) is 0 Å². The van der Waals surface area contributed by atoms with Crippen molar-refractivity contribution < 1.29 is 0 Å². The van der Waals surface area contributed by atoms with E-state index in [0.717, 1.165) is 11.6 Å². The number of rotatable bonds is 3. The predicted molar refractivity (Wildman–Crippen MR) is 70.4 cm³/mol. The molecule has 86 valence electrons. The van der Waals surface area contributed by atoms with Crippen LogP contribution in [0.2, 0.25) is 0 Å². The third-order valence-corrected chi connectivity index (χ3v) is 3.38. The second kappa shape index (κ2) is 5.83. The van der Waals surface area contributed by atoms with Crippen molar-refractivity contribution >= 4 is 11.4 Å². The zero-order valence-electron chi connectivity index (χ0n) is 10.2. The average Bonchev–Trinajstić information content (AvgIpc) is 2.31. The van der Waals surface area contributed by atoms with Gasteiger partial charge in [0.05, 0.1) is 5.69 Å². The van der Waals surface area contributed by atoms with Crippen LogP contribution in [0.4, 0.5) is 5.69 Å². The Hall–Kier alpha value is -1.11. The molecule has 1 aromatic rings. The van der Waals surface area contributed by atoms with Crippen LogP contribution < -0.4 is 0 Å². The Balaban J connectivity index is 1.91. The van der Waals surface area contributed by atoms with E-state index in [4.69, 9.17) is 0 Å². The summed E-state index contributed by atoms with van der Waals surface area (Å²) in [5.41, 5.74) is 2.38. The van der Waals surface area contributed by atoms with Crippen LogP contribution in [0.25, 0.3) is 0 Å². The van der Waals surface area contributed by atoms with E-state index >= 15 is 0 Å². The van der Waals surface area contributed by atoms with Gasteiger partial charge in [-0.15, -0.1) is 0 Å². The number of nitrogens with zero attached hydrogens (tertiary/aromatic N) is 1. The van der Waals surface area contributed by atoms with E-state index in [-0.39, 0.29) is 0 Å². The van der Waals surface area contributed by atoms with Gasteiger partial charge in [-0.05, 0) is 31.4 Å². The Morgan fingerprint density at radius 2 is 1.81 bits per heavy atom. The molecule has 0 aliphatic heterocycles. The molecule has 0 N–H and O–H groups in total. The lowest BCUT2D eigenvalue weighted by atomic mass is 9.86. The van der Waals surface area contributed by atoms with E-state index in [1.165, 1.54) is 44.2 Å². The molecule has 1 aromatic carbocycles. The zero-order chi connectivity index (χ0) is 11.2. The van der Waals surface area contributed by atoms with E-state index in [1.54, 1.807) is 0 Å². The van der Waals surface area contributed by atoms with Crippen LogP contribution in [-0.4, -0.2) is 5.71 Å². The second-order valence-corrected chi connectivity index (χ2v) is 4.89. The molecular formula is C15H21N. The molecule has 0 amide bonds. The fraction of sp³-hybridized carbons (Fsp3) is 0.533. The van der Waals surface area contributed by atoms with Gasteiger partial charge in [-0.1, -0.05) is 50.3 Å². The minimum absolute atomic E-state index is 0.890. The van der Waals surface area contributed by atoms with Gasteiger partial charge < -0.3 is 0 Å². The van der Waals surface area contributed by atoms with Crippen molar-refractivity contribution in [3.63, 3.8) is 0 Å². The number of aliphatic imine (C=N–C) groups is 1. The van der Waals surface area contributed by atoms with Gasteiger partial charge in [-0.2, -0.15) is 0 Å². The first kappa shape index (κ1) is 11.4. The molecule has 0 saturated heterocycles. The maximum absolute atomic E-state index is 4.67. The van der Waals surface area contributed by atoms with Gasteiger partial charge in [0, 0.05) is 5.71 Å². The monoisotopic (exact) mass is 215 g/mol. The minimum Gasteiger partial charge on any atom is -0.258 e. The van der Waals surface area contributed by atoms with Crippen molar-refractivity contribution in [1.82, 2.24) is 0 Å². The first-order chi connectivity index (χ1) is 7.84. The fourth-order valence-electron chi connectivity index (χ4n) is 2.58. The Morgan fingerprint density at radius 3 is 2.50 bits per heavy atom. The van der Waals surface area contributed by atoms with Gasteiger partial charge >= 0.3 is 0 Å². The first-order valence-corrected chi connectivity index (χ1v) is 6.44. The van der Waals surface area contributed by atoms with Crippen molar-refractivity contribution in [2.45, 2.75) is 45.4 Å². The van der Waals surface area contributed by atoms with Crippen LogP contribution in [0.15, 0.2) is 35.3 Å². The van der Waals surface area contributed by atoms with Crippen molar-refractivity contribution in [1.29, 1.82) is 0 Å². The van der Waals surface area contributed by atoms with Gasteiger partial charge in [-0.3, -0.25) is 4.99 Å². The normalized spacial score (nSPS) is 18.7. The summed E-state index contributed by atoms with van der Waals surface area (Å²) >= 11 is 0. The van der Waals surface area contributed by atoms with Gasteiger partial charge in [-0.25, -0.2) is 0 Å². The third-order valence-electron chi connectivity index (χ3n) is 3.38. The van der Waals surface area contributed by atoms with E-state index in [2.05, 4.69) is 24.0 Å². The zero-order valence-corrected chi connectivity index (χ0v) is 10.2. The molecule has 0 heterocycles. The van der Waals surface area contributed by atoms with Crippen LogP contribution in [0.5, 0.6) is 0 Å². The number of hydrogen-bond donors (Lipinski definition) is 0. The Labute approximate surface area is 98.6 Å². The third kappa shape index (κ3) is 3.48. The van der Waals surface area contributed by atoms with Gasteiger partial charge in [0.25, 0.3) is 0 Å². The van der Waals surface area contributed by atoms with Crippen molar-refractivity contribution in [2.24, 2.45) is 10.9 Å². The predicted octanol–water partition coefficient (Wildman–Crippen LogP) is 4.75. The van der Waals surface area contributed by atoms with Crippen LogP contribution in [-0.2, 0) is 0 Å². The average molecular weight is 215 g/mol. The van der Waals surface area contributed by atoms with Crippen LogP contribution in [0, 0.1) is 5.92 Å². The quantitative estimate of drug-likeness (QED) is 0.645. The van der Waals surface area contributed by atoms with Crippen molar-refractivity contribution in [3.05, 3.63) is 30.3 Å². The standard InChI is InChI=1S/C15H21N/c1-13(12-14-8-4-2-5-9-14)16-15-10-6-3-7-11-15/h3,6-7,10-11,14H,2,4-5,8-9,12H2,1H3. The summed E-state index contributed by atoms with van der Waals surface area (Å²) in [5.74, 6) is 0.890. The molecule has 1 aliphatic rings. The number of hydrogen-bond acceptors (Lipinski definition) is 1. The summed E-state index contributed by atoms with van der Waals surface area (Å²) in [6.45, 7) is 2.17. The van der Waals surface area contributed by atoms with E-state index < -0.39 is 0 Å². The number of benzene rings is 1. The lowest BCUT2D eigenvalue weighted by Crippen LogP contribution is -2.09. The molecule has 0 unspecified atom stereocenters. The maximum Gasteiger partial charge on any atom is 0.0628 e. The summed E-state index contributed by atoms with van der Waals surface area (Å²) < 4.78 is 0. The molecule has 0 radical (unpaired) electrons. The summed E-state index contributed by atoms with van der Waals surface area (Å²) in [6, 6.07) is 10.3. The lowest BCUT2D eigenvalue weighted by Gasteiger charge is -2.21. The van der Waals surface area contributed by atoms with E-state index in [0.29, 0.717) is 0 Å². The summed E-state index contributed by atoms with van der Waals surface area (Å²) in [6.07, 6.45) is 8.27. The molecule has 1 aliphatic carbocycles. The highest BCUT2D eigenvalue weighted by molar-refractivity contribution is 5.84. The Morgan fingerprint density at radius 1 is 1.12 bits per heavy atom. The summed E-state index contributed by atoms with van der Waals surface area (Å²) in [5, 5.41) is 0. The second-order valence-electron chi connectivity index (χ2n) is 4.89. The van der Waals surface area contributed by atoms with Crippen molar-refractivity contribution in [2.75, 3.05) is 0 Å². The van der Waals surface area contributed by atoms with Gasteiger partial charge in [0.1, 0.15) is 0 Å². The molecule has 1 saturated carbocycles. The molecular weight excluding hydrogens is 194 g/mol. The topological polar surface area (TPSA) is 12.4 Å². The molecule has 0 bridgehead atoms. The molecule has 1 fully saturated rings. The maximum atomic E-state index is 4.67. The SMILES string of the molecule is CC(CC1CCCCC1)=Nc1ccccc1. The molecule has 0 spiro atoms. The molecule has 0 atom stereocenters. The highest BCUT2D eigenvalue weighted by Crippen LogP contribution is 2.27. The van der Waals surface area contributed by atoms with Gasteiger partial charge in [0.15, 0.2) is 0 Å². The highest BCUT2D eigenvalue weighted by atomic mass is 14.7. The van der Waals surface area contributed by atoms with Crippen LogP contribution in [0.3, 0.4) is 0 Å². The van der Waals surface area contributed by atoms with E-state index in [9.17, 15) is 0 Å². The van der Waals surface area contributed by atoms with E-state index in [1.807, 2.05) is 18.2 Å². The minimum atomic E-state index is 0.890. The molecule has 0 aromatic heterocycles. The molecule has 16 heavy (non-hydrogen) atoms. The molecule has 2 rings (SSSR count). The largest absolute Gasteiger partial charge is 0.258 e. The summed E-state index contributed by atoms with van der Waals surface area (Å²) in [7, 11) is 0. The summed E-state index contributed by atoms with van der Waals surface area (Å²) in [4.78, 5) is 4.67. The molecule has 1 heteroatoms. The lowest BCUT2D eigenvalue weighted by molar-refractivity contribution is 0.368. The smallest absolute Gasteiger partial charge is 0.0628 e. The Kier molecular flexibility index (Phi) is 4.15. The van der Waals surface area contributed by atoms with Gasteiger partial charge in [0.2, 0.25) is 0 Å². The van der Waals surface area contributed by atoms with Crippen LogP contribution in [0.1, 0.15) is 45.4 Å². The molecule has 1 nitrogen and oxygen atoms in total. The van der Waals surface area contributed by atoms with Crippen LogP contribution >= 0.6 is 0 Å². The Bertz CT molecular complexity index is 334. The highest BCUT2D eigenvalue weighted by Gasteiger charge is 2.13. The fourth-order valence-corrected chi connectivity index (χ4v) is 2.58. The first-order valence-electron chi connectivity index (χ1n) is 6.44.